The van der Waals surface area contributed by atoms with E-state index in [-0.39, 0.29) is 26.7 Å². The second-order valence-corrected chi connectivity index (χ2v) is 5.53. The summed E-state index contributed by atoms with van der Waals surface area (Å²) in [5.41, 5.74) is -1.13. The van der Waals surface area contributed by atoms with Crippen LogP contribution in [0.2, 0.25) is 10.0 Å². The van der Waals surface area contributed by atoms with Crippen molar-refractivity contribution < 1.29 is 26.3 Å². The molecule has 0 aliphatic heterocycles. The van der Waals surface area contributed by atoms with Gasteiger partial charge >= 0.3 is 12.4 Å². The molecule has 0 saturated carbocycles. The van der Waals surface area contributed by atoms with E-state index in [1.54, 1.807) is 0 Å². The molecule has 0 bridgehead atoms. The average Bonchev–Trinajstić information content (AvgIpc) is 2.37. The van der Waals surface area contributed by atoms with Gasteiger partial charge in [-0.25, -0.2) is 0 Å². The van der Waals surface area contributed by atoms with Crippen LogP contribution in [-0.4, -0.2) is 6.18 Å². The van der Waals surface area contributed by atoms with Gasteiger partial charge in [-0.3, -0.25) is 0 Å². The van der Waals surface area contributed by atoms with Gasteiger partial charge in [0.2, 0.25) is 0 Å². The number of rotatable bonds is 2. The zero-order chi connectivity index (χ0) is 17.4. The minimum atomic E-state index is -4.58. The summed E-state index contributed by atoms with van der Waals surface area (Å²) in [7, 11) is 0. The predicted octanol–water partition coefficient (Wildman–Crippen LogP) is 6.58. The SMILES string of the molecule is FC(F)(F)Cc1c[c]c(-c2cc(C(F)(F)F)ccc2Cl)c(Cl)c1. The molecule has 23 heavy (non-hydrogen) atoms. The van der Waals surface area contributed by atoms with Crippen LogP contribution in [0.1, 0.15) is 11.1 Å². The van der Waals surface area contributed by atoms with Crippen LogP contribution in [-0.2, 0) is 12.6 Å². The zero-order valence-corrected chi connectivity index (χ0v) is 12.6. The molecule has 123 valence electrons. The highest BCUT2D eigenvalue weighted by Gasteiger charge is 2.31. The maximum Gasteiger partial charge on any atom is 0.416 e. The first-order chi connectivity index (χ1) is 10.5. The van der Waals surface area contributed by atoms with E-state index in [0.717, 1.165) is 30.3 Å². The number of halogens is 8. The van der Waals surface area contributed by atoms with Gasteiger partial charge in [0.1, 0.15) is 0 Å². The van der Waals surface area contributed by atoms with Gasteiger partial charge in [-0.2, -0.15) is 26.3 Å². The molecular weight excluding hydrogens is 365 g/mol. The Labute approximate surface area is 137 Å². The standard InChI is InChI=1S/C15H7Cl2F6/c16-12-4-2-9(15(21,22)23)6-11(12)10-3-1-8(5-13(10)17)7-14(18,19)20/h1-2,4-6H,7H2. The molecule has 2 aromatic carbocycles. The van der Waals surface area contributed by atoms with Crippen molar-refractivity contribution in [3.63, 3.8) is 0 Å². The van der Waals surface area contributed by atoms with E-state index in [1.165, 1.54) is 0 Å². The first kappa shape index (κ1) is 17.9. The number of hydrogen-bond donors (Lipinski definition) is 0. The van der Waals surface area contributed by atoms with Crippen LogP contribution in [0.15, 0.2) is 30.3 Å². The maximum atomic E-state index is 12.8. The van der Waals surface area contributed by atoms with Crippen LogP contribution < -0.4 is 0 Å². The summed E-state index contributed by atoms with van der Waals surface area (Å²) in [4.78, 5) is 0. The van der Waals surface area contributed by atoms with Crippen molar-refractivity contribution in [2.24, 2.45) is 0 Å². The molecule has 0 spiro atoms. The third-order valence-electron chi connectivity index (χ3n) is 2.92. The molecule has 0 amide bonds. The Balaban J connectivity index is 2.47. The molecule has 0 atom stereocenters. The highest BCUT2D eigenvalue weighted by Crippen LogP contribution is 2.38. The molecule has 0 unspecified atom stereocenters. The molecule has 0 N–H and O–H groups in total. The van der Waals surface area contributed by atoms with Gasteiger partial charge < -0.3 is 0 Å². The van der Waals surface area contributed by atoms with Crippen molar-refractivity contribution in [3.8, 4) is 11.1 Å². The Bertz CT molecular complexity index is 719. The third kappa shape index (κ3) is 4.54. The van der Waals surface area contributed by atoms with Crippen LogP contribution in [0, 0.1) is 6.07 Å². The summed E-state index contributed by atoms with van der Waals surface area (Å²) in [6.45, 7) is 0. The van der Waals surface area contributed by atoms with Gasteiger partial charge in [0, 0.05) is 21.2 Å². The van der Waals surface area contributed by atoms with Gasteiger partial charge in [-0.05, 0) is 35.9 Å². The first-order valence-electron chi connectivity index (χ1n) is 6.11. The molecule has 0 heterocycles. The number of benzene rings is 2. The van der Waals surface area contributed by atoms with E-state index >= 15 is 0 Å². The Kier molecular flexibility index (Phi) is 4.87. The number of hydrogen-bond acceptors (Lipinski definition) is 0. The summed E-state index contributed by atoms with van der Waals surface area (Å²) in [5, 5.41) is -0.173. The Morgan fingerprint density at radius 3 is 2.09 bits per heavy atom. The van der Waals surface area contributed by atoms with Crippen LogP contribution in [0.5, 0.6) is 0 Å². The van der Waals surface area contributed by atoms with Crippen molar-refractivity contribution in [2.45, 2.75) is 18.8 Å². The van der Waals surface area contributed by atoms with Crippen molar-refractivity contribution in [1.82, 2.24) is 0 Å². The molecular formula is C15H7Cl2F6. The summed E-state index contributed by atoms with van der Waals surface area (Å²) >= 11 is 11.8. The van der Waals surface area contributed by atoms with E-state index in [9.17, 15) is 26.3 Å². The van der Waals surface area contributed by atoms with Crippen LogP contribution >= 0.6 is 23.2 Å². The van der Waals surface area contributed by atoms with Gasteiger partial charge in [0.05, 0.1) is 12.0 Å². The largest absolute Gasteiger partial charge is 0.416 e. The Morgan fingerprint density at radius 2 is 1.57 bits per heavy atom. The summed E-state index contributed by atoms with van der Waals surface area (Å²) in [6.07, 6.45) is -10.2. The zero-order valence-electron chi connectivity index (χ0n) is 11.1. The topological polar surface area (TPSA) is 0 Å². The van der Waals surface area contributed by atoms with Crippen LogP contribution in [0.4, 0.5) is 26.3 Å². The highest BCUT2D eigenvalue weighted by molar-refractivity contribution is 6.36. The van der Waals surface area contributed by atoms with E-state index in [4.69, 9.17) is 23.2 Å². The highest BCUT2D eigenvalue weighted by atomic mass is 35.5. The fourth-order valence-electron chi connectivity index (χ4n) is 1.94. The lowest BCUT2D eigenvalue weighted by atomic mass is 10.0. The fourth-order valence-corrected chi connectivity index (χ4v) is 2.45. The summed E-state index contributed by atoms with van der Waals surface area (Å²) < 4.78 is 75.3. The van der Waals surface area contributed by atoms with Crippen LogP contribution in [0.25, 0.3) is 11.1 Å². The minimum absolute atomic E-state index is 0.00805. The lowest BCUT2D eigenvalue weighted by molar-refractivity contribution is -0.137. The normalized spacial score (nSPS) is 12.5. The molecule has 2 rings (SSSR count). The molecule has 0 saturated heterocycles. The van der Waals surface area contributed by atoms with Crippen molar-refractivity contribution in [3.05, 3.63) is 57.6 Å². The minimum Gasteiger partial charge on any atom is -0.171 e. The van der Waals surface area contributed by atoms with E-state index in [0.29, 0.717) is 0 Å². The van der Waals surface area contributed by atoms with Gasteiger partial charge in [0.15, 0.2) is 0 Å². The number of alkyl halides is 6. The summed E-state index contributed by atoms with van der Waals surface area (Å²) in [6, 6.07) is 7.19. The molecule has 0 aliphatic carbocycles. The van der Waals surface area contributed by atoms with Crippen molar-refractivity contribution in [2.75, 3.05) is 0 Å². The lowest BCUT2D eigenvalue weighted by Crippen LogP contribution is -2.11. The molecule has 0 aliphatic rings. The fraction of sp³-hybridized carbons (Fsp3) is 0.200. The predicted molar refractivity (Wildman–Crippen MR) is 75.5 cm³/mol. The maximum absolute atomic E-state index is 12.8. The molecule has 0 nitrogen and oxygen atoms in total. The Hall–Kier alpha value is -1.40. The second kappa shape index (κ2) is 6.24. The second-order valence-electron chi connectivity index (χ2n) is 4.72. The van der Waals surface area contributed by atoms with Gasteiger partial charge in [-0.1, -0.05) is 29.3 Å². The molecule has 0 fully saturated rings. The smallest absolute Gasteiger partial charge is 0.171 e. The molecule has 0 aromatic heterocycles. The Morgan fingerprint density at radius 1 is 0.913 bits per heavy atom. The monoisotopic (exact) mass is 371 g/mol. The van der Waals surface area contributed by atoms with Gasteiger partial charge in [-0.15, -0.1) is 0 Å². The van der Waals surface area contributed by atoms with Crippen molar-refractivity contribution in [1.29, 1.82) is 0 Å². The molecule has 1 radical (unpaired) electrons. The quantitative estimate of drug-likeness (QED) is 0.522. The first-order valence-corrected chi connectivity index (χ1v) is 6.87. The van der Waals surface area contributed by atoms with Gasteiger partial charge in [0.25, 0.3) is 0 Å². The summed E-state index contributed by atoms with van der Waals surface area (Å²) in [5.74, 6) is 0. The average molecular weight is 372 g/mol. The van der Waals surface area contributed by atoms with E-state index in [2.05, 4.69) is 6.07 Å². The lowest BCUT2D eigenvalue weighted by Gasteiger charge is -2.13. The molecule has 8 heteroatoms. The third-order valence-corrected chi connectivity index (χ3v) is 3.55. The van der Waals surface area contributed by atoms with Crippen LogP contribution in [0.3, 0.4) is 0 Å². The van der Waals surface area contributed by atoms with E-state index < -0.39 is 24.3 Å². The van der Waals surface area contributed by atoms with E-state index in [1.807, 2.05) is 0 Å². The van der Waals surface area contributed by atoms with Crippen molar-refractivity contribution >= 4 is 23.2 Å². The molecule has 2 aromatic rings.